The van der Waals surface area contributed by atoms with Gasteiger partial charge in [0.2, 0.25) is 18.4 Å². The molecule has 0 radical (unpaired) electrons. The van der Waals surface area contributed by atoms with Crippen molar-refractivity contribution >= 4 is 17.7 Å². The van der Waals surface area contributed by atoms with Crippen LogP contribution in [0, 0.1) is 6.92 Å². The molecule has 0 spiro atoms. The number of nitrogens with zero attached hydrogens (tertiary/aromatic N) is 7. The summed E-state index contributed by atoms with van der Waals surface area (Å²) in [6, 6.07) is 5.52. The molecule has 1 aliphatic heterocycles. The molecular weight excluding hydrogens is 340 g/mol. The summed E-state index contributed by atoms with van der Waals surface area (Å²) in [5.74, 6) is 1.81. The van der Waals surface area contributed by atoms with E-state index in [-0.39, 0.29) is 18.4 Å². The largest absolute Gasteiger partial charge is 0.454 e. The normalized spacial score (nSPS) is 13.7. The van der Waals surface area contributed by atoms with Gasteiger partial charge >= 0.3 is 0 Å². The molecule has 2 N–H and O–H groups in total. The van der Waals surface area contributed by atoms with E-state index in [0.29, 0.717) is 22.8 Å². The van der Waals surface area contributed by atoms with Crippen LogP contribution in [0.3, 0.4) is 0 Å². The Labute approximate surface area is 147 Å². The number of nitrogens with two attached hydrogens (primary N) is 1. The molecule has 0 unspecified atom stereocenters. The molecule has 3 heterocycles. The highest BCUT2D eigenvalue weighted by Crippen LogP contribution is 2.32. The Hall–Kier alpha value is -3.76. The van der Waals surface area contributed by atoms with Crippen molar-refractivity contribution in [1.82, 2.24) is 25.3 Å². The third-order valence-corrected chi connectivity index (χ3v) is 3.74. The zero-order valence-electron chi connectivity index (χ0n) is 13.9. The van der Waals surface area contributed by atoms with Crippen molar-refractivity contribution in [3.8, 4) is 17.3 Å². The van der Waals surface area contributed by atoms with Crippen LogP contribution in [0.4, 0.5) is 5.82 Å². The summed E-state index contributed by atoms with van der Waals surface area (Å²) in [5.41, 5.74) is 8.36. The van der Waals surface area contributed by atoms with Gasteiger partial charge in [0, 0.05) is 0 Å². The van der Waals surface area contributed by atoms with Gasteiger partial charge in [-0.3, -0.25) is 0 Å². The zero-order chi connectivity index (χ0) is 18.1. The number of hydrogen-bond acceptors (Lipinski definition) is 10. The molecule has 11 nitrogen and oxygen atoms in total. The highest BCUT2D eigenvalue weighted by Gasteiger charge is 2.18. The van der Waals surface area contributed by atoms with Crippen molar-refractivity contribution in [2.45, 2.75) is 13.8 Å². The molecule has 1 aromatic carbocycles. The summed E-state index contributed by atoms with van der Waals surface area (Å²) in [4.78, 5) is 0. The van der Waals surface area contributed by atoms with Crippen molar-refractivity contribution in [2.24, 2.45) is 10.2 Å². The van der Waals surface area contributed by atoms with E-state index in [2.05, 4.69) is 35.5 Å². The molecule has 132 valence electrons. The molecule has 0 saturated heterocycles. The minimum absolute atomic E-state index is 0.125. The summed E-state index contributed by atoms with van der Waals surface area (Å²) in [6.07, 6.45) is 1.62. The van der Waals surface area contributed by atoms with Crippen LogP contribution in [0.1, 0.15) is 23.9 Å². The maximum Gasteiger partial charge on any atom is 0.243 e. The van der Waals surface area contributed by atoms with E-state index in [1.165, 1.54) is 4.68 Å². The fraction of sp³-hybridized carbons (Fsp3) is 0.200. The lowest BCUT2D eigenvalue weighted by Gasteiger charge is -1.98. The van der Waals surface area contributed by atoms with Gasteiger partial charge < -0.3 is 15.2 Å². The van der Waals surface area contributed by atoms with Crippen molar-refractivity contribution in [3.63, 3.8) is 0 Å². The van der Waals surface area contributed by atoms with Gasteiger partial charge in [-0.25, -0.2) is 4.63 Å². The Balaban J connectivity index is 1.55. The number of ether oxygens (including phenoxy) is 2. The SMILES string of the molecule is CC(=NN=Cc1ccc2c(c1)OCO2)c1nnn(-c2nonc2N)c1C. The van der Waals surface area contributed by atoms with E-state index in [0.717, 1.165) is 11.3 Å². The number of anilines is 1. The topological polar surface area (TPSA) is 139 Å². The maximum absolute atomic E-state index is 5.68. The van der Waals surface area contributed by atoms with Crippen LogP contribution in [0.5, 0.6) is 11.5 Å². The Kier molecular flexibility index (Phi) is 3.80. The van der Waals surface area contributed by atoms with Crippen molar-refractivity contribution in [3.05, 3.63) is 35.2 Å². The van der Waals surface area contributed by atoms with Crippen LogP contribution in [0.15, 0.2) is 33.0 Å². The van der Waals surface area contributed by atoms with Crippen molar-refractivity contribution < 1.29 is 14.1 Å². The van der Waals surface area contributed by atoms with Crippen LogP contribution in [-0.4, -0.2) is 44.0 Å². The van der Waals surface area contributed by atoms with Gasteiger partial charge in [0.25, 0.3) is 0 Å². The monoisotopic (exact) mass is 354 g/mol. The first kappa shape index (κ1) is 15.7. The van der Waals surface area contributed by atoms with Gasteiger partial charge in [-0.05, 0) is 47.9 Å². The second-order valence-electron chi connectivity index (χ2n) is 5.45. The second kappa shape index (κ2) is 6.27. The fourth-order valence-corrected chi connectivity index (χ4v) is 2.43. The first-order chi connectivity index (χ1) is 12.6. The van der Waals surface area contributed by atoms with Crippen LogP contribution in [-0.2, 0) is 0 Å². The average molecular weight is 354 g/mol. The van der Waals surface area contributed by atoms with Gasteiger partial charge in [0.1, 0.15) is 5.69 Å². The standard InChI is InChI=1S/C15H14N8O3/c1-8(13-9(2)23(22-19-13)15-14(16)20-26-21-15)18-17-6-10-3-4-11-12(5-10)25-7-24-11/h3-6H,7H2,1-2H3,(H2,16,20). The molecule has 26 heavy (non-hydrogen) atoms. The van der Waals surface area contributed by atoms with Crippen LogP contribution in [0.2, 0.25) is 0 Å². The fourth-order valence-electron chi connectivity index (χ4n) is 2.43. The molecule has 0 amide bonds. The quantitative estimate of drug-likeness (QED) is 0.543. The minimum Gasteiger partial charge on any atom is -0.454 e. The Morgan fingerprint density at radius 1 is 1.27 bits per heavy atom. The molecule has 11 heteroatoms. The highest BCUT2D eigenvalue weighted by atomic mass is 16.7. The summed E-state index contributed by atoms with van der Waals surface area (Å²) >= 11 is 0. The van der Waals surface area contributed by atoms with Crippen molar-refractivity contribution in [2.75, 3.05) is 12.5 Å². The lowest BCUT2D eigenvalue weighted by atomic mass is 10.2. The van der Waals surface area contributed by atoms with Gasteiger partial charge in [-0.1, -0.05) is 5.21 Å². The van der Waals surface area contributed by atoms with E-state index in [9.17, 15) is 0 Å². The number of rotatable bonds is 4. The molecule has 1 aliphatic rings. The number of nitrogen functional groups attached to an aromatic ring is 1. The number of aromatic nitrogens is 5. The van der Waals surface area contributed by atoms with Gasteiger partial charge in [-0.15, -0.1) is 5.10 Å². The van der Waals surface area contributed by atoms with Crippen molar-refractivity contribution in [1.29, 1.82) is 0 Å². The van der Waals surface area contributed by atoms with Gasteiger partial charge in [0.15, 0.2) is 11.5 Å². The molecule has 0 bridgehead atoms. The van der Waals surface area contributed by atoms with Crippen LogP contribution >= 0.6 is 0 Å². The molecular formula is C15H14N8O3. The smallest absolute Gasteiger partial charge is 0.243 e. The summed E-state index contributed by atoms with van der Waals surface area (Å²) < 4.78 is 16.6. The molecule has 0 fully saturated rings. The molecule has 0 atom stereocenters. The Morgan fingerprint density at radius 2 is 2.12 bits per heavy atom. The highest BCUT2D eigenvalue weighted by molar-refractivity contribution is 5.98. The lowest BCUT2D eigenvalue weighted by molar-refractivity contribution is 0.174. The average Bonchev–Trinajstić information content (AvgIpc) is 3.34. The molecule has 3 aromatic rings. The predicted molar refractivity (Wildman–Crippen MR) is 90.7 cm³/mol. The second-order valence-corrected chi connectivity index (χ2v) is 5.45. The predicted octanol–water partition coefficient (Wildman–Crippen LogP) is 1.11. The number of fused-ring (bicyclic) bond motifs is 1. The minimum atomic E-state index is 0.125. The van der Waals surface area contributed by atoms with Gasteiger partial charge in [0.05, 0.1) is 17.6 Å². The first-order valence-electron chi connectivity index (χ1n) is 7.62. The molecule has 4 rings (SSSR count). The summed E-state index contributed by atoms with van der Waals surface area (Å²) in [5, 5.41) is 23.6. The van der Waals surface area contributed by atoms with Crippen LogP contribution < -0.4 is 15.2 Å². The summed E-state index contributed by atoms with van der Waals surface area (Å²) in [6.45, 7) is 3.82. The Bertz CT molecular complexity index is 1020. The zero-order valence-corrected chi connectivity index (χ0v) is 13.9. The van der Waals surface area contributed by atoms with E-state index in [4.69, 9.17) is 15.2 Å². The number of hydrogen-bond donors (Lipinski definition) is 1. The van der Waals surface area contributed by atoms with E-state index in [1.54, 1.807) is 13.1 Å². The maximum atomic E-state index is 5.68. The molecule has 2 aromatic heterocycles. The van der Waals surface area contributed by atoms with Crippen LogP contribution in [0.25, 0.3) is 5.82 Å². The van der Waals surface area contributed by atoms with E-state index >= 15 is 0 Å². The van der Waals surface area contributed by atoms with Gasteiger partial charge in [-0.2, -0.15) is 14.9 Å². The third kappa shape index (κ3) is 2.75. The first-order valence-corrected chi connectivity index (χ1v) is 7.62. The third-order valence-electron chi connectivity index (χ3n) is 3.74. The number of benzene rings is 1. The molecule has 0 saturated carbocycles. The lowest BCUT2D eigenvalue weighted by Crippen LogP contribution is -2.04. The van der Waals surface area contributed by atoms with E-state index in [1.807, 2.05) is 25.1 Å². The van der Waals surface area contributed by atoms with E-state index < -0.39 is 0 Å². The Morgan fingerprint density at radius 3 is 2.92 bits per heavy atom. The molecule has 0 aliphatic carbocycles. The summed E-state index contributed by atoms with van der Waals surface area (Å²) in [7, 11) is 0.